The summed E-state index contributed by atoms with van der Waals surface area (Å²) in [5.41, 5.74) is 5.88. The molecule has 4 heteroatoms. The lowest BCUT2D eigenvalue weighted by molar-refractivity contribution is -0.123. The van der Waals surface area contributed by atoms with Gasteiger partial charge in [-0.1, -0.05) is 12.2 Å². The predicted molar refractivity (Wildman–Crippen MR) is 75.5 cm³/mol. The molecule has 0 aromatic rings. The van der Waals surface area contributed by atoms with Gasteiger partial charge in [0.25, 0.3) is 0 Å². The molecule has 4 N–H and O–H groups in total. The van der Waals surface area contributed by atoms with E-state index < -0.39 is 6.10 Å². The third-order valence-corrected chi connectivity index (χ3v) is 4.42. The number of nitrogens with one attached hydrogen (secondary N) is 1. The molecule has 108 valence electrons. The molecule has 1 saturated carbocycles. The first-order chi connectivity index (χ1) is 9.15. The van der Waals surface area contributed by atoms with Crippen molar-refractivity contribution in [3.05, 3.63) is 12.2 Å². The number of hydrogen-bond acceptors (Lipinski definition) is 3. The Morgan fingerprint density at radius 3 is 2.58 bits per heavy atom. The van der Waals surface area contributed by atoms with Gasteiger partial charge in [-0.25, -0.2) is 0 Å². The van der Waals surface area contributed by atoms with Crippen molar-refractivity contribution in [1.82, 2.24) is 5.32 Å². The summed E-state index contributed by atoms with van der Waals surface area (Å²) >= 11 is 0. The van der Waals surface area contributed by atoms with Crippen LogP contribution in [0.4, 0.5) is 0 Å². The van der Waals surface area contributed by atoms with E-state index in [1.54, 1.807) is 0 Å². The van der Waals surface area contributed by atoms with E-state index in [0.717, 1.165) is 38.5 Å². The summed E-state index contributed by atoms with van der Waals surface area (Å²) in [4.78, 5) is 11.9. The Labute approximate surface area is 115 Å². The third-order valence-electron chi connectivity index (χ3n) is 4.42. The van der Waals surface area contributed by atoms with Crippen molar-refractivity contribution in [1.29, 1.82) is 0 Å². The number of aliphatic hydroxyl groups excluding tert-OH is 1. The Balaban J connectivity index is 1.65. The summed E-state index contributed by atoms with van der Waals surface area (Å²) < 4.78 is 0. The minimum absolute atomic E-state index is 0.0780. The van der Waals surface area contributed by atoms with Crippen LogP contribution in [0.5, 0.6) is 0 Å². The van der Waals surface area contributed by atoms with Crippen molar-refractivity contribution < 1.29 is 9.90 Å². The fourth-order valence-electron chi connectivity index (χ4n) is 3.05. The van der Waals surface area contributed by atoms with E-state index in [2.05, 4.69) is 5.32 Å². The van der Waals surface area contributed by atoms with E-state index >= 15 is 0 Å². The molecule has 0 spiro atoms. The van der Waals surface area contributed by atoms with Gasteiger partial charge in [0.2, 0.25) is 5.91 Å². The molecule has 4 nitrogen and oxygen atoms in total. The maximum Gasteiger partial charge on any atom is 0.220 e. The SMILES string of the molecule is NC1CCC(CCC(=O)NC2CC=CC[C@H]2O)CC1. The van der Waals surface area contributed by atoms with Crippen molar-refractivity contribution in [2.45, 2.75) is 69.6 Å². The Bertz CT molecular complexity index is 322. The van der Waals surface area contributed by atoms with Gasteiger partial charge < -0.3 is 16.2 Å². The van der Waals surface area contributed by atoms with Crippen LogP contribution in [-0.2, 0) is 4.79 Å². The highest BCUT2D eigenvalue weighted by atomic mass is 16.3. The lowest BCUT2D eigenvalue weighted by atomic mass is 9.83. The summed E-state index contributed by atoms with van der Waals surface area (Å²) in [5.74, 6) is 0.732. The van der Waals surface area contributed by atoms with E-state index in [4.69, 9.17) is 5.73 Å². The van der Waals surface area contributed by atoms with Gasteiger partial charge >= 0.3 is 0 Å². The number of nitrogens with two attached hydrogens (primary N) is 1. The Morgan fingerprint density at radius 1 is 1.21 bits per heavy atom. The van der Waals surface area contributed by atoms with Gasteiger partial charge in [-0.2, -0.15) is 0 Å². The number of aliphatic hydroxyl groups is 1. The van der Waals surface area contributed by atoms with Crippen LogP contribution >= 0.6 is 0 Å². The Hall–Kier alpha value is -0.870. The van der Waals surface area contributed by atoms with Crippen molar-refractivity contribution >= 4 is 5.91 Å². The first-order valence-corrected chi connectivity index (χ1v) is 7.53. The molecule has 0 radical (unpaired) electrons. The minimum atomic E-state index is -0.429. The molecule has 1 amide bonds. The molecule has 0 heterocycles. The average Bonchev–Trinajstić information content (AvgIpc) is 2.41. The molecule has 1 unspecified atom stereocenters. The minimum Gasteiger partial charge on any atom is -0.391 e. The molecule has 19 heavy (non-hydrogen) atoms. The smallest absolute Gasteiger partial charge is 0.220 e. The quantitative estimate of drug-likeness (QED) is 0.675. The van der Waals surface area contributed by atoms with Crippen LogP contribution < -0.4 is 11.1 Å². The van der Waals surface area contributed by atoms with E-state index in [0.29, 0.717) is 24.8 Å². The largest absolute Gasteiger partial charge is 0.391 e. The maximum atomic E-state index is 11.9. The van der Waals surface area contributed by atoms with Crippen LogP contribution in [0.2, 0.25) is 0 Å². The summed E-state index contributed by atoms with van der Waals surface area (Å²) in [5, 5.41) is 12.7. The molecule has 0 bridgehead atoms. The van der Waals surface area contributed by atoms with Gasteiger partial charge in [-0.3, -0.25) is 4.79 Å². The standard InChI is InChI=1S/C15H26N2O2/c16-12-8-5-11(6-9-12)7-10-15(19)17-13-3-1-2-4-14(13)18/h1-2,11-14,18H,3-10,16H2,(H,17,19)/t11?,12?,13?,14-/m1/s1. The number of carbonyl (C=O) groups excluding carboxylic acids is 1. The topological polar surface area (TPSA) is 75.4 Å². The number of hydrogen-bond donors (Lipinski definition) is 3. The molecule has 0 aromatic carbocycles. The molecule has 0 aromatic heterocycles. The summed E-state index contributed by atoms with van der Waals surface area (Å²) in [6.45, 7) is 0. The molecule has 1 fully saturated rings. The zero-order chi connectivity index (χ0) is 13.7. The van der Waals surface area contributed by atoms with Gasteiger partial charge in [0.1, 0.15) is 0 Å². The van der Waals surface area contributed by atoms with Crippen LogP contribution in [0.15, 0.2) is 12.2 Å². The number of carbonyl (C=O) groups is 1. The van der Waals surface area contributed by atoms with E-state index in [1.807, 2.05) is 12.2 Å². The third kappa shape index (κ3) is 4.62. The maximum absolute atomic E-state index is 11.9. The second-order valence-corrected chi connectivity index (χ2v) is 6.00. The second-order valence-electron chi connectivity index (χ2n) is 6.00. The molecule has 2 atom stereocenters. The van der Waals surface area contributed by atoms with Crippen LogP contribution in [0.3, 0.4) is 0 Å². The highest BCUT2D eigenvalue weighted by molar-refractivity contribution is 5.76. The Morgan fingerprint density at radius 2 is 1.89 bits per heavy atom. The van der Waals surface area contributed by atoms with Crippen molar-refractivity contribution in [2.75, 3.05) is 0 Å². The lowest BCUT2D eigenvalue weighted by Crippen LogP contribution is -2.44. The zero-order valence-electron chi connectivity index (χ0n) is 11.6. The average molecular weight is 266 g/mol. The van der Waals surface area contributed by atoms with E-state index in [1.165, 1.54) is 0 Å². The van der Waals surface area contributed by atoms with Crippen molar-refractivity contribution in [2.24, 2.45) is 11.7 Å². The van der Waals surface area contributed by atoms with Crippen LogP contribution in [0.1, 0.15) is 51.4 Å². The van der Waals surface area contributed by atoms with Gasteiger partial charge in [-0.15, -0.1) is 0 Å². The summed E-state index contributed by atoms with van der Waals surface area (Å²) in [6.07, 6.45) is 11.0. The van der Waals surface area contributed by atoms with Crippen LogP contribution in [0.25, 0.3) is 0 Å². The summed E-state index contributed by atoms with van der Waals surface area (Å²) in [7, 11) is 0. The highest BCUT2D eigenvalue weighted by Gasteiger charge is 2.23. The summed E-state index contributed by atoms with van der Waals surface area (Å²) in [6, 6.07) is 0.270. The van der Waals surface area contributed by atoms with E-state index in [9.17, 15) is 9.90 Å². The zero-order valence-corrected chi connectivity index (χ0v) is 11.6. The molecule has 2 rings (SSSR count). The van der Waals surface area contributed by atoms with Gasteiger partial charge in [0.15, 0.2) is 0 Å². The number of rotatable bonds is 4. The molecular weight excluding hydrogens is 240 g/mol. The monoisotopic (exact) mass is 266 g/mol. The lowest BCUT2D eigenvalue weighted by Gasteiger charge is -2.27. The molecule has 0 aliphatic heterocycles. The van der Waals surface area contributed by atoms with Gasteiger partial charge in [-0.05, 0) is 50.9 Å². The van der Waals surface area contributed by atoms with Crippen molar-refractivity contribution in [3.8, 4) is 0 Å². The van der Waals surface area contributed by atoms with Crippen LogP contribution in [0, 0.1) is 5.92 Å². The van der Waals surface area contributed by atoms with Crippen molar-refractivity contribution in [3.63, 3.8) is 0 Å². The molecule has 2 aliphatic carbocycles. The first kappa shape index (κ1) is 14.5. The normalized spacial score (nSPS) is 35.1. The molecular formula is C15H26N2O2. The fraction of sp³-hybridized carbons (Fsp3) is 0.800. The van der Waals surface area contributed by atoms with Crippen LogP contribution in [-0.4, -0.2) is 29.2 Å². The van der Waals surface area contributed by atoms with Gasteiger partial charge in [0, 0.05) is 12.5 Å². The highest BCUT2D eigenvalue weighted by Crippen LogP contribution is 2.26. The van der Waals surface area contributed by atoms with Gasteiger partial charge in [0.05, 0.1) is 12.1 Å². The second kappa shape index (κ2) is 7.06. The number of amides is 1. The Kier molecular flexibility index (Phi) is 5.40. The van der Waals surface area contributed by atoms with E-state index in [-0.39, 0.29) is 11.9 Å². The first-order valence-electron chi connectivity index (χ1n) is 7.53. The fourth-order valence-corrected chi connectivity index (χ4v) is 3.05. The molecule has 0 saturated heterocycles. The molecule has 2 aliphatic rings. The predicted octanol–water partition coefficient (Wildman–Crippen LogP) is 1.48.